The van der Waals surface area contributed by atoms with Crippen LogP contribution < -0.4 is 0 Å². The number of carbonyl (C=O) groups is 2. The van der Waals surface area contributed by atoms with E-state index in [9.17, 15) is 9.59 Å². The second-order valence-corrected chi connectivity index (χ2v) is 5.33. The number of ketones is 2. The van der Waals surface area contributed by atoms with Crippen molar-refractivity contribution in [1.29, 1.82) is 0 Å². The SMILES string of the molecule is O=C1CC(c2ccccc2)CC(=O)C1=Cc1ccccc1. The van der Waals surface area contributed by atoms with Gasteiger partial charge in [0.2, 0.25) is 0 Å². The van der Waals surface area contributed by atoms with Crippen LogP contribution in [0.25, 0.3) is 6.08 Å². The predicted molar refractivity (Wildman–Crippen MR) is 82.9 cm³/mol. The zero-order valence-corrected chi connectivity index (χ0v) is 11.7. The van der Waals surface area contributed by atoms with Gasteiger partial charge in [-0.1, -0.05) is 60.7 Å². The second kappa shape index (κ2) is 5.88. The van der Waals surface area contributed by atoms with E-state index in [0.717, 1.165) is 11.1 Å². The summed E-state index contributed by atoms with van der Waals surface area (Å²) in [5.74, 6) is -0.0907. The van der Waals surface area contributed by atoms with Crippen molar-refractivity contribution in [2.75, 3.05) is 0 Å². The van der Waals surface area contributed by atoms with Gasteiger partial charge in [-0.2, -0.15) is 0 Å². The lowest BCUT2D eigenvalue weighted by Gasteiger charge is -2.22. The Balaban J connectivity index is 1.84. The van der Waals surface area contributed by atoms with Gasteiger partial charge in [-0.15, -0.1) is 0 Å². The van der Waals surface area contributed by atoms with Gasteiger partial charge < -0.3 is 0 Å². The molecule has 21 heavy (non-hydrogen) atoms. The first-order chi connectivity index (χ1) is 10.2. The van der Waals surface area contributed by atoms with Gasteiger partial charge in [-0.05, 0) is 23.1 Å². The first-order valence-corrected chi connectivity index (χ1v) is 7.12. The number of hydrogen-bond donors (Lipinski definition) is 0. The molecule has 1 aliphatic carbocycles. The molecule has 0 spiro atoms. The molecule has 0 unspecified atom stereocenters. The summed E-state index contributed by atoms with van der Waals surface area (Å²) in [6.07, 6.45) is 2.54. The van der Waals surface area contributed by atoms with Crippen LogP contribution in [-0.4, -0.2) is 11.6 Å². The summed E-state index contributed by atoms with van der Waals surface area (Å²) in [5, 5.41) is 0. The molecule has 0 saturated heterocycles. The Morgan fingerprint density at radius 2 is 1.29 bits per heavy atom. The van der Waals surface area contributed by atoms with Crippen molar-refractivity contribution in [3.8, 4) is 0 Å². The Morgan fingerprint density at radius 1 is 0.762 bits per heavy atom. The maximum absolute atomic E-state index is 12.3. The van der Waals surface area contributed by atoms with Crippen molar-refractivity contribution < 1.29 is 9.59 Å². The second-order valence-electron chi connectivity index (χ2n) is 5.33. The van der Waals surface area contributed by atoms with Crippen LogP contribution in [0.5, 0.6) is 0 Å². The summed E-state index contributed by atoms with van der Waals surface area (Å²) in [7, 11) is 0. The lowest BCUT2D eigenvalue weighted by Crippen LogP contribution is -2.24. The normalized spacial score (nSPS) is 18.7. The molecule has 2 aromatic rings. The molecule has 1 saturated carbocycles. The van der Waals surface area contributed by atoms with E-state index < -0.39 is 0 Å². The molecular weight excluding hydrogens is 260 g/mol. The van der Waals surface area contributed by atoms with E-state index >= 15 is 0 Å². The van der Waals surface area contributed by atoms with Crippen molar-refractivity contribution in [2.24, 2.45) is 0 Å². The van der Waals surface area contributed by atoms with E-state index in [2.05, 4.69) is 0 Å². The summed E-state index contributed by atoms with van der Waals surface area (Å²) < 4.78 is 0. The molecule has 0 amide bonds. The lowest BCUT2D eigenvalue weighted by molar-refractivity contribution is -0.124. The molecule has 0 aromatic heterocycles. The van der Waals surface area contributed by atoms with E-state index in [4.69, 9.17) is 0 Å². The van der Waals surface area contributed by atoms with Crippen molar-refractivity contribution >= 4 is 17.6 Å². The van der Waals surface area contributed by atoms with Crippen LogP contribution in [0.15, 0.2) is 66.2 Å². The van der Waals surface area contributed by atoms with Gasteiger partial charge in [0.05, 0.1) is 5.57 Å². The highest BCUT2D eigenvalue weighted by atomic mass is 16.1. The third-order valence-corrected chi connectivity index (χ3v) is 3.85. The van der Waals surface area contributed by atoms with E-state index in [1.807, 2.05) is 60.7 Å². The minimum Gasteiger partial charge on any atom is -0.294 e. The smallest absolute Gasteiger partial charge is 0.167 e. The minimum atomic E-state index is -0.0519. The molecule has 2 aromatic carbocycles. The molecule has 0 radical (unpaired) electrons. The Morgan fingerprint density at radius 3 is 1.86 bits per heavy atom. The van der Waals surface area contributed by atoms with Crippen molar-refractivity contribution in [3.05, 3.63) is 77.4 Å². The van der Waals surface area contributed by atoms with Gasteiger partial charge in [-0.3, -0.25) is 9.59 Å². The molecule has 3 rings (SSSR count). The molecule has 2 nitrogen and oxygen atoms in total. The first-order valence-electron chi connectivity index (χ1n) is 7.12. The molecule has 1 aliphatic rings. The van der Waals surface area contributed by atoms with E-state index in [1.165, 1.54) is 0 Å². The third-order valence-electron chi connectivity index (χ3n) is 3.85. The Kier molecular flexibility index (Phi) is 3.78. The van der Waals surface area contributed by atoms with Crippen LogP contribution in [0, 0.1) is 0 Å². The predicted octanol–water partition coefficient (Wildman–Crippen LogP) is 3.79. The maximum Gasteiger partial charge on any atom is 0.167 e. The molecule has 0 bridgehead atoms. The third kappa shape index (κ3) is 3.00. The summed E-state index contributed by atoms with van der Waals surface area (Å²) >= 11 is 0. The van der Waals surface area contributed by atoms with Crippen molar-refractivity contribution in [2.45, 2.75) is 18.8 Å². The van der Waals surface area contributed by atoms with E-state index in [-0.39, 0.29) is 17.5 Å². The van der Waals surface area contributed by atoms with Crippen LogP contribution in [0.1, 0.15) is 29.9 Å². The topological polar surface area (TPSA) is 34.1 Å². The molecule has 0 heterocycles. The van der Waals surface area contributed by atoms with Crippen LogP contribution in [0.3, 0.4) is 0 Å². The molecule has 1 fully saturated rings. The standard InChI is InChI=1S/C19H16O2/c20-18-12-16(15-9-5-2-6-10-15)13-19(21)17(18)11-14-7-3-1-4-8-14/h1-11,16H,12-13H2. The minimum absolute atomic E-state index is 0.0131. The fourth-order valence-corrected chi connectivity index (χ4v) is 2.73. The number of hydrogen-bond acceptors (Lipinski definition) is 2. The van der Waals surface area contributed by atoms with Crippen molar-refractivity contribution in [3.63, 3.8) is 0 Å². The van der Waals surface area contributed by atoms with Gasteiger partial charge in [0.15, 0.2) is 11.6 Å². The number of Topliss-reactive ketones (excluding diaryl/α,β-unsaturated/α-hetero) is 2. The zero-order valence-electron chi connectivity index (χ0n) is 11.7. The Hall–Kier alpha value is -2.48. The molecule has 0 atom stereocenters. The van der Waals surface area contributed by atoms with Crippen LogP contribution in [0.2, 0.25) is 0 Å². The first kappa shape index (κ1) is 13.5. The van der Waals surface area contributed by atoms with E-state index in [0.29, 0.717) is 18.4 Å². The van der Waals surface area contributed by atoms with Crippen LogP contribution in [0.4, 0.5) is 0 Å². The highest BCUT2D eigenvalue weighted by Gasteiger charge is 2.30. The highest BCUT2D eigenvalue weighted by Crippen LogP contribution is 2.32. The quantitative estimate of drug-likeness (QED) is 0.618. The lowest BCUT2D eigenvalue weighted by atomic mass is 9.79. The van der Waals surface area contributed by atoms with Crippen LogP contribution >= 0.6 is 0 Å². The Bertz CT molecular complexity index is 664. The molecule has 2 heteroatoms. The Labute approximate surface area is 124 Å². The van der Waals surface area contributed by atoms with Gasteiger partial charge in [0.1, 0.15) is 0 Å². The van der Waals surface area contributed by atoms with Crippen LogP contribution in [-0.2, 0) is 9.59 Å². The largest absolute Gasteiger partial charge is 0.294 e. The number of rotatable bonds is 2. The average Bonchev–Trinajstić information content (AvgIpc) is 2.52. The summed E-state index contributed by atoms with van der Waals surface area (Å²) in [4.78, 5) is 24.6. The fourth-order valence-electron chi connectivity index (χ4n) is 2.73. The van der Waals surface area contributed by atoms with E-state index in [1.54, 1.807) is 6.08 Å². The molecule has 0 aliphatic heterocycles. The molecular formula is C19H16O2. The monoisotopic (exact) mass is 276 g/mol. The summed E-state index contributed by atoms with van der Waals surface area (Å²) in [6, 6.07) is 19.3. The van der Waals surface area contributed by atoms with Gasteiger partial charge in [0, 0.05) is 12.8 Å². The zero-order chi connectivity index (χ0) is 14.7. The van der Waals surface area contributed by atoms with Gasteiger partial charge >= 0.3 is 0 Å². The maximum atomic E-state index is 12.3. The molecule has 0 N–H and O–H groups in total. The fraction of sp³-hybridized carbons (Fsp3) is 0.158. The summed E-state index contributed by atoms with van der Waals surface area (Å²) in [6.45, 7) is 0. The number of carbonyl (C=O) groups excluding carboxylic acids is 2. The summed E-state index contributed by atoms with van der Waals surface area (Å²) in [5.41, 5.74) is 2.30. The van der Waals surface area contributed by atoms with Gasteiger partial charge in [0.25, 0.3) is 0 Å². The van der Waals surface area contributed by atoms with Crippen molar-refractivity contribution in [1.82, 2.24) is 0 Å². The average molecular weight is 276 g/mol. The molecule has 104 valence electrons. The highest BCUT2D eigenvalue weighted by molar-refractivity contribution is 6.25. The number of allylic oxidation sites excluding steroid dienone is 1. The van der Waals surface area contributed by atoms with Gasteiger partial charge in [-0.25, -0.2) is 0 Å². The number of benzene rings is 2.